The standard InChI is InChI=1S/C12H22N4O4/c17-11-15-13-9(19-11)7-5-3-1-2-4-6-8-10-14-16-12(18)20-10/h9-10,13-14H,1-8H2,(H,15,17)(H,16,18). The molecule has 2 aliphatic rings. The van der Waals surface area contributed by atoms with Crippen molar-refractivity contribution in [2.24, 2.45) is 0 Å². The third-order valence-electron chi connectivity index (χ3n) is 3.35. The first-order chi connectivity index (χ1) is 9.74. The molecule has 2 fully saturated rings. The first-order valence-corrected chi connectivity index (χ1v) is 7.18. The Kier molecular flexibility index (Phi) is 5.87. The predicted molar refractivity (Wildman–Crippen MR) is 70.0 cm³/mol. The molecule has 2 saturated heterocycles. The van der Waals surface area contributed by atoms with Gasteiger partial charge in [0, 0.05) is 0 Å². The Labute approximate surface area is 117 Å². The van der Waals surface area contributed by atoms with Crippen LogP contribution in [0.25, 0.3) is 0 Å². The lowest BCUT2D eigenvalue weighted by molar-refractivity contribution is 0.120. The summed E-state index contributed by atoms with van der Waals surface area (Å²) in [7, 11) is 0. The fourth-order valence-corrected chi connectivity index (χ4v) is 2.28. The molecule has 0 spiro atoms. The second-order valence-electron chi connectivity index (χ2n) is 5.03. The summed E-state index contributed by atoms with van der Waals surface area (Å²) in [6.07, 6.45) is 7.21. The maximum absolute atomic E-state index is 10.8. The minimum absolute atomic E-state index is 0.182. The van der Waals surface area contributed by atoms with Crippen LogP contribution in [0.15, 0.2) is 0 Å². The molecule has 2 unspecified atom stereocenters. The number of rotatable bonds is 9. The molecular weight excluding hydrogens is 264 g/mol. The molecular formula is C12H22N4O4. The van der Waals surface area contributed by atoms with Gasteiger partial charge in [-0.25, -0.2) is 9.59 Å². The van der Waals surface area contributed by atoms with E-state index in [2.05, 4.69) is 21.7 Å². The number of hydrazine groups is 2. The van der Waals surface area contributed by atoms with E-state index in [9.17, 15) is 9.59 Å². The van der Waals surface area contributed by atoms with E-state index in [0.717, 1.165) is 38.5 Å². The first kappa shape index (κ1) is 14.9. The molecule has 4 N–H and O–H groups in total. The number of hydrogen-bond acceptors (Lipinski definition) is 6. The highest BCUT2D eigenvalue weighted by Crippen LogP contribution is 2.13. The molecule has 0 aromatic rings. The molecule has 0 saturated carbocycles. The Morgan fingerprint density at radius 2 is 1.10 bits per heavy atom. The van der Waals surface area contributed by atoms with Crippen LogP contribution in [0, 0.1) is 0 Å². The molecule has 8 heteroatoms. The van der Waals surface area contributed by atoms with Gasteiger partial charge in [-0.05, 0) is 25.7 Å². The number of hydrogen-bond donors (Lipinski definition) is 4. The van der Waals surface area contributed by atoms with Gasteiger partial charge < -0.3 is 9.47 Å². The summed E-state index contributed by atoms with van der Waals surface area (Å²) in [5.74, 6) is 0. The van der Waals surface area contributed by atoms with Gasteiger partial charge in [0.05, 0.1) is 0 Å². The molecule has 2 atom stereocenters. The number of nitrogens with one attached hydrogen (secondary N) is 4. The van der Waals surface area contributed by atoms with Crippen LogP contribution in [-0.4, -0.2) is 24.6 Å². The van der Waals surface area contributed by atoms with E-state index >= 15 is 0 Å². The Morgan fingerprint density at radius 3 is 1.45 bits per heavy atom. The zero-order chi connectivity index (χ0) is 14.2. The third kappa shape index (κ3) is 5.22. The molecule has 0 aromatic heterocycles. The van der Waals surface area contributed by atoms with Gasteiger partial charge in [-0.2, -0.15) is 10.9 Å². The molecule has 0 aromatic carbocycles. The van der Waals surface area contributed by atoms with Crippen LogP contribution in [0.3, 0.4) is 0 Å². The van der Waals surface area contributed by atoms with Crippen molar-refractivity contribution < 1.29 is 19.1 Å². The zero-order valence-corrected chi connectivity index (χ0v) is 11.4. The van der Waals surface area contributed by atoms with Gasteiger partial charge in [0.15, 0.2) is 12.5 Å². The second kappa shape index (κ2) is 7.91. The maximum atomic E-state index is 10.8. The van der Waals surface area contributed by atoms with Crippen molar-refractivity contribution in [2.75, 3.05) is 0 Å². The lowest BCUT2D eigenvalue weighted by Crippen LogP contribution is -2.31. The number of carbonyl (C=O) groups is 2. The first-order valence-electron chi connectivity index (χ1n) is 7.18. The van der Waals surface area contributed by atoms with Gasteiger partial charge >= 0.3 is 12.2 Å². The largest absolute Gasteiger partial charge is 0.428 e. The van der Waals surface area contributed by atoms with Crippen molar-refractivity contribution in [3.8, 4) is 0 Å². The minimum atomic E-state index is -0.397. The van der Waals surface area contributed by atoms with Gasteiger partial charge in [0.25, 0.3) is 0 Å². The molecule has 20 heavy (non-hydrogen) atoms. The van der Waals surface area contributed by atoms with E-state index in [4.69, 9.17) is 9.47 Å². The lowest BCUT2D eigenvalue weighted by Gasteiger charge is -2.08. The molecule has 2 heterocycles. The average Bonchev–Trinajstić information content (AvgIpc) is 3.02. The Hall–Kier alpha value is -1.54. The summed E-state index contributed by atoms with van der Waals surface area (Å²) < 4.78 is 9.91. The summed E-state index contributed by atoms with van der Waals surface area (Å²) in [5.41, 5.74) is 10.4. The molecule has 114 valence electrons. The minimum Gasteiger partial charge on any atom is -0.428 e. The van der Waals surface area contributed by atoms with Gasteiger partial charge in [-0.3, -0.25) is 10.9 Å². The monoisotopic (exact) mass is 286 g/mol. The smallest absolute Gasteiger partial charge is 0.423 e. The van der Waals surface area contributed by atoms with E-state index in [-0.39, 0.29) is 12.5 Å². The van der Waals surface area contributed by atoms with Crippen molar-refractivity contribution in [3.63, 3.8) is 0 Å². The van der Waals surface area contributed by atoms with Gasteiger partial charge in [0.1, 0.15) is 0 Å². The maximum Gasteiger partial charge on any atom is 0.423 e. The van der Waals surface area contributed by atoms with E-state index in [1.165, 1.54) is 12.8 Å². The van der Waals surface area contributed by atoms with Gasteiger partial charge in [-0.15, -0.1) is 0 Å². The summed E-state index contributed by atoms with van der Waals surface area (Å²) in [4.78, 5) is 21.5. The SMILES string of the molecule is O=C1NNC(CCCCCCCCC2NNC(=O)O2)O1. The van der Waals surface area contributed by atoms with Crippen molar-refractivity contribution in [2.45, 2.75) is 63.8 Å². The molecule has 8 nitrogen and oxygen atoms in total. The summed E-state index contributed by atoms with van der Waals surface area (Å²) >= 11 is 0. The Morgan fingerprint density at radius 1 is 0.700 bits per heavy atom. The zero-order valence-electron chi connectivity index (χ0n) is 11.4. The number of cyclic esters (lactones) is 2. The number of unbranched alkanes of at least 4 members (excludes halogenated alkanes) is 5. The van der Waals surface area contributed by atoms with Gasteiger partial charge in [-0.1, -0.05) is 25.7 Å². The average molecular weight is 286 g/mol. The van der Waals surface area contributed by atoms with Crippen LogP contribution >= 0.6 is 0 Å². The Balaban J connectivity index is 1.35. The summed E-state index contributed by atoms with van der Waals surface area (Å²) in [6, 6.07) is 0. The quantitative estimate of drug-likeness (QED) is 0.476. The van der Waals surface area contributed by atoms with Crippen molar-refractivity contribution in [1.82, 2.24) is 21.7 Å². The summed E-state index contributed by atoms with van der Waals surface area (Å²) in [6.45, 7) is 0. The predicted octanol–water partition coefficient (Wildman–Crippen LogP) is 1.25. The van der Waals surface area contributed by atoms with Gasteiger partial charge in [0.2, 0.25) is 0 Å². The molecule has 0 bridgehead atoms. The van der Waals surface area contributed by atoms with Crippen LogP contribution in [0.2, 0.25) is 0 Å². The Bertz CT molecular complexity index is 307. The van der Waals surface area contributed by atoms with Crippen LogP contribution in [-0.2, 0) is 9.47 Å². The normalized spacial score (nSPS) is 25.0. The van der Waals surface area contributed by atoms with E-state index < -0.39 is 12.2 Å². The van der Waals surface area contributed by atoms with Crippen LogP contribution in [0.5, 0.6) is 0 Å². The molecule has 2 aliphatic heterocycles. The topological polar surface area (TPSA) is 101 Å². The van der Waals surface area contributed by atoms with Crippen LogP contribution < -0.4 is 21.7 Å². The number of ether oxygens (including phenoxy) is 2. The number of amides is 2. The van der Waals surface area contributed by atoms with Crippen molar-refractivity contribution >= 4 is 12.2 Å². The number of carbonyl (C=O) groups excluding carboxylic acids is 2. The highest BCUT2D eigenvalue weighted by Gasteiger charge is 2.21. The van der Waals surface area contributed by atoms with Crippen LogP contribution in [0.1, 0.15) is 51.4 Å². The summed E-state index contributed by atoms with van der Waals surface area (Å²) in [5, 5.41) is 0. The molecule has 2 amide bonds. The molecule has 2 rings (SSSR count). The highest BCUT2D eigenvalue weighted by molar-refractivity contribution is 5.68. The van der Waals surface area contributed by atoms with Crippen LogP contribution in [0.4, 0.5) is 9.59 Å². The van der Waals surface area contributed by atoms with E-state index in [1.807, 2.05) is 0 Å². The highest BCUT2D eigenvalue weighted by atomic mass is 16.6. The van der Waals surface area contributed by atoms with E-state index in [1.54, 1.807) is 0 Å². The third-order valence-corrected chi connectivity index (χ3v) is 3.35. The van der Waals surface area contributed by atoms with E-state index in [0.29, 0.717) is 0 Å². The molecule has 0 aliphatic carbocycles. The fraction of sp³-hybridized carbons (Fsp3) is 0.833. The molecule has 0 radical (unpaired) electrons. The van der Waals surface area contributed by atoms with Crippen molar-refractivity contribution in [3.05, 3.63) is 0 Å². The van der Waals surface area contributed by atoms with Crippen molar-refractivity contribution in [1.29, 1.82) is 0 Å². The second-order valence-corrected chi connectivity index (χ2v) is 5.03. The lowest BCUT2D eigenvalue weighted by atomic mass is 10.1. The fourth-order valence-electron chi connectivity index (χ4n) is 2.28.